The quantitative estimate of drug-likeness (QED) is 0.782. The molecule has 0 aliphatic carbocycles. The van der Waals surface area contributed by atoms with Crippen LogP contribution >= 0.6 is 0 Å². The molecule has 3 saturated heterocycles. The topological polar surface area (TPSA) is 33.3 Å². The van der Waals surface area contributed by atoms with Crippen LogP contribution in [0.2, 0.25) is 0 Å². The molecule has 0 aromatic rings. The minimum absolute atomic E-state index is 0.465. The van der Waals surface area contributed by atoms with Gasteiger partial charge in [0.1, 0.15) is 0 Å². The van der Waals surface area contributed by atoms with E-state index in [2.05, 4.69) is 17.6 Å². The third-order valence-electron chi connectivity index (χ3n) is 4.83. The van der Waals surface area contributed by atoms with Crippen LogP contribution in [0.5, 0.6) is 0 Å². The van der Waals surface area contributed by atoms with Gasteiger partial charge in [0.25, 0.3) is 0 Å². The van der Waals surface area contributed by atoms with Gasteiger partial charge < -0.3 is 15.4 Å². The van der Waals surface area contributed by atoms with Gasteiger partial charge in [-0.2, -0.15) is 0 Å². The number of hydrogen-bond donors (Lipinski definition) is 2. The molecule has 3 heterocycles. The molecule has 2 bridgehead atoms. The van der Waals surface area contributed by atoms with E-state index in [4.69, 9.17) is 4.74 Å². The van der Waals surface area contributed by atoms with Crippen LogP contribution in [0.1, 0.15) is 45.4 Å². The molecule has 0 aromatic carbocycles. The Labute approximate surface area is 105 Å². The molecule has 3 rings (SSSR count). The third-order valence-corrected chi connectivity index (χ3v) is 4.83. The second-order valence-electron chi connectivity index (χ2n) is 5.99. The second kappa shape index (κ2) is 5.25. The van der Waals surface area contributed by atoms with E-state index in [1.54, 1.807) is 0 Å². The Morgan fingerprint density at radius 1 is 1.18 bits per heavy atom. The summed E-state index contributed by atoms with van der Waals surface area (Å²) in [7, 11) is 0. The average molecular weight is 238 g/mol. The molecular weight excluding hydrogens is 212 g/mol. The summed E-state index contributed by atoms with van der Waals surface area (Å²) in [5, 5.41) is 7.38. The number of hydrogen-bond acceptors (Lipinski definition) is 3. The van der Waals surface area contributed by atoms with Crippen LogP contribution in [0, 0.1) is 5.92 Å². The third kappa shape index (κ3) is 2.51. The molecule has 0 spiro atoms. The summed E-state index contributed by atoms with van der Waals surface area (Å²) in [5.74, 6) is 0.782. The Hall–Kier alpha value is -0.120. The fourth-order valence-electron chi connectivity index (χ4n) is 4.13. The normalized spacial score (nSPS) is 42.9. The van der Waals surface area contributed by atoms with Crippen molar-refractivity contribution in [2.75, 3.05) is 13.2 Å². The molecule has 17 heavy (non-hydrogen) atoms. The second-order valence-corrected chi connectivity index (χ2v) is 5.99. The van der Waals surface area contributed by atoms with Crippen LogP contribution in [0.25, 0.3) is 0 Å². The SMILES string of the molecule is CCOC(C1CC2CCC(C1)N2)C1CCCN1. The monoisotopic (exact) mass is 238 g/mol. The Bertz CT molecular complexity index is 241. The molecule has 2 N–H and O–H groups in total. The fourth-order valence-corrected chi connectivity index (χ4v) is 4.13. The Morgan fingerprint density at radius 2 is 1.94 bits per heavy atom. The van der Waals surface area contributed by atoms with Crippen molar-refractivity contribution in [1.29, 1.82) is 0 Å². The summed E-state index contributed by atoms with van der Waals surface area (Å²) in [6, 6.07) is 2.18. The maximum atomic E-state index is 6.10. The lowest BCUT2D eigenvalue weighted by Crippen LogP contribution is -2.48. The molecule has 3 nitrogen and oxygen atoms in total. The van der Waals surface area contributed by atoms with Gasteiger partial charge in [-0.3, -0.25) is 0 Å². The van der Waals surface area contributed by atoms with E-state index >= 15 is 0 Å². The Morgan fingerprint density at radius 3 is 2.53 bits per heavy atom. The lowest BCUT2D eigenvalue weighted by Gasteiger charge is -2.37. The number of nitrogens with one attached hydrogen (secondary N) is 2. The summed E-state index contributed by atoms with van der Waals surface area (Å²) in [6.45, 7) is 4.19. The van der Waals surface area contributed by atoms with Crippen molar-refractivity contribution in [3.05, 3.63) is 0 Å². The first kappa shape index (κ1) is 11.9. The van der Waals surface area contributed by atoms with E-state index in [1.807, 2.05) is 0 Å². The molecule has 0 saturated carbocycles. The van der Waals surface area contributed by atoms with Crippen LogP contribution < -0.4 is 10.6 Å². The molecule has 98 valence electrons. The summed E-state index contributed by atoms with van der Waals surface area (Å²) < 4.78 is 6.10. The maximum absolute atomic E-state index is 6.10. The van der Waals surface area contributed by atoms with Crippen molar-refractivity contribution in [3.8, 4) is 0 Å². The van der Waals surface area contributed by atoms with Crippen molar-refractivity contribution < 1.29 is 4.74 Å². The largest absolute Gasteiger partial charge is 0.377 e. The van der Waals surface area contributed by atoms with Gasteiger partial charge in [-0.25, -0.2) is 0 Å². The molecular formula is C14H26N2O. The van der Waals surface area contributed by atoms with Crippen molar-refractivity contribution in [3.63, 3.8) is 0 Å². The highest BCUT2D eigenvalue weighted by atomic mass is 16.5. The van der Waals surface area contributed by atoms with Gasteiger partial charge in [-0.15, -0.1) is 0 Å². The predicted octanol–water partition coefficient (Wildman–Crippen LogP) is 1.67. The Balaban J connectivity index is 1.65. The number of fused-ring (bicyclic) bond motifs is 2. The molecule has 0 amide bonds. The number of ether oxygens (including phenoxy) is 1. The molecule has 3 heteroatoms. The first-order chi connectivity index (χ1) is 8.36. The fraction of sp³-hybridized carbons (Fsp3) is 1.00. The highest BCUT2D eigenvalue weighted by Crippen LogP contribution is 2.35. The van der Waals surface area contributed by atoms with E-state index in [1.165, 1.54) is 45.1 Å². The lowest BCUT2D eigenvalue weighted by molar-refractivity contribution is -0.0171. The standard InChI is InChI=1S/C14H26N2O/c1-2-17-14(13-4-3-7-15-13)10-8-11-5-6-12(9-10)16-11/h10-16H,2-9H2,1H3. The first-order valence-corrected chi connectivity index (χ1v) is 7.48. The highest BCUT2D eigenvalue weighted by molar-refractivity contribution is 4.97. The average Bonchev–Trinajstić information content (AvgIpc) is 2.96. The lowest BCUT2D eigenvalue weighted by atomic mass is 9.84. The summed E-state index contributed by atoms with van der Waals surface area (Å²) in [4.78, 5) is 0. The summed E-state index contributed by atoms with van der Waals surface area (Å²) >= 11 is 0. The molecule has 4 atom stereocenters. The molecule has 3 aliphatic heterocycles. The van der Waals surface area contributed by atoms with Crippen molar-refractivity contribution in [2.45, 2.75) is 69.7 Å². The predicted molar refractivity (Wildman–Crippen MR) is 69.1 cm³/mol. The van der Waals surface area contributed by atoms with Gasteiger partial charge >= 0.3 is 0 Å². The molecule has 4 unspecified atom stereocenters. The first-order valence-electron chi connectivity index (χ1n) is 7.48. The van der Waals surface area contributed by atoms with Crippen LogP contribution in [0.3, 0.4) is 0 Å². The molecule has 3 aliphatic rings. The van der Waals surface area contributed by atoms with Gasteiger partial charge in [0.2, 0.25) is 0 Å². The van der Waals surface area contributed by atoms with E-state index in [0.29, 0.717) is 12.1 Å². The maximum Gasteiger partial charge on any atom is 0.0757 e. The van der Waals surface area contributed by atoms with E-state index < -0.39 is 0 Å². The van der Waals surface area contributed by atoms with Crippen LogP contribution in [-0.2, 0) is 4.74 Å². The van der Waals surface area contributed by atoms with Crippen LogP contribution in [-0.4, -0.2) is 37.4 Å². The summed E-state index contributed by atoms with van der Waals surface area (Å²) in [6.07, 6.45) is 8.54. The zero-order valence-electron chi connectivity index (χ0n) is 11.0. The van der Waals surface area contributed by atoms with Crippen molar-refractivity contribution in [2.24, 2.45) is 5.92 Å². The zero-order valence-corrected chi connectivity index (χ0v) is 11.0. The molecule has 3 fully saturated rings. The smallest absolute Gasteiger partial charge is 0.0757 e. The summed E-state index contributed by atoms with van der Waals surface area (Å²) in [5.41, 5.74) is 0. The Kier molecular flexibility index (Phi) is 3.69. The van der Waals surface area contributed by atoms with Gasteiger partial charge in [0.05, 0.1) is 6.10 Å². The van der Waals surface area contributed by atoms with Gasteiger partial charge in [-0.05, 0) is 57.9 Å². The minimum atomic E-state index is 0.465. The number of rotatable bonds is 4. The van der Waals surface area contributed by atoms with E-state index in [0.717, 1.165) is 24.6 Å². The van der Waals surface area contributed by atoms with E-state index in [9.17, 15) is 0 Å². The van der Waals surface area contributed by atoms with Crippen LogP contribution in [0.15, 0.2) is 0 Å². The van der Waals surface area contributed by atoms with E-state index in [-0.39, 0.29) is 0 Å². The van der Waals surface area contributed by atoms with Gasteiger partial charge in [-0.1, -0.05) is 0 Å². The van der Waals surface area contributed by atoms with Crippen molar-refractivity contribution in [1.82, 2.24) is 10.6 Å². The van der Waals surface area contributed by atoms with Gasteiger partial charge in [0, 0.05) is 24.7 Å². The molecule has 0 radical (unpaired) electrons. The van der Waals surface area contributed by atoms with Crippen molar-refractivity contribution >= 4 is 0 Å². The number of piperidine rings is 1. The highest BCUT2D eigenvalue weighted by Gasteiger charge is 2.40. The molecule has 0 aromatic heterocycles. The van der Waals surface area contributed by atoms with Gasteiger partial charge in [0.15, 0.2) is 0 Å². The minimum Gasteiger partial charge on any atom is -0.377 e. The zero-order chi connectivity index (χ0) is 11.7. The van der Waals surface area contributed by atoms with Crippen LogP contribution in [0.4, 0.5) is 0 Å².